The number of hydrogen-bond donors (Lipinski definition) is 0. The molecule has 16 heavy (non-hydrogen) atoms. The highest BCUT2D eigenvalue weighted by Gasteiger charge is 2.22. The largest absolute Gasteiger partial charge is 0.377 e. The minimum absolute atomic E-state index is 0.384. The second-order valence-electron chi connectivity index (χ2n) is 4.01. The van der Waals surface area contributed by atoms with E-state index in [4.69, 9.17) is 4.74 Å². The molecule has 1 fully saturated rings. The molecule has 1 atom stereocenters. The van der Waals surface area contributed by atoms with Gasteiger partial charge < -0.3 is 9.64 Å². The van der Waals surface area contributed by atoms with Crippen LogP contribution in [0.15, 0.2) is 24.3 Å². The fourth-order valence-electron chi connectivity index (χ4n) is 2.16. The van der Waals surface area contributed by atoms with Crippen molar-refractivity contribution >= 4 is 12.0 Å². The van der Waals surface area contributed by atoms with E-state index in [1.807, 2.05) is 24.3 Å². The number of carbonyl (C=O) groups is 1. The molecular formula is C13H17NO2. The molecule has 3 nitrogen and oxygen atoms in total. The van der Waals surface area contributed by atoms with Gasteiger partial charge in [0.1, 0.15) is 0 Å². The summed E-state index contributed by atoms with van der Waals surface area (Å²) >= 11 is 0. The lowest BCUT2D eigenvalue weighted by Crippen LogP contribution is -2.45. The minimum atomic E-state index is 0.384. The summed E-state index contributed by atoms with van der Waals surface area (Å²) in [4.78, 5) is 13.3. The second kappa shape index (κ2) is 5.12. The number of morpholine rings is 1. The number of ether oxygens (including phenoxy) is 1. The zero-order valence-electron chi connectivity index (χ0n) is 9.56. The van der Waals surface area contributed by atoms with Crippen LogP contribution >= 0.6 is 0 Å². The number of para-hydroxylation sites is 1. The molecular weight excluding hydrogens is 202 g/mol. The molecule has 3 heteroatoms. The highest BCUT2D eigenvalue weighted by atomic mass is 16.5. The standard InChI is InChI=1S/C13H17NO2/c1-2-12-10-16-8-7-14(12)13-6-4-3-5-11(13)9-15/h3-6,9,12H,2,7-8,10H2,1H3/t12-/m1/s1. The van der Waals surface area contributed by atoms with Crippen LogP contribution < -0.4 is 4.90 Å². The van der Waals surface area contributed by atoms with Crippen LogP contribution in [0.1, 0.15) is 23.7 Å². The van der Waals surface area contributed by atoms with E-state index in [0.29, 0.717) is 6.04 Å². The van der Waals surface area contributed by atoms with Crippen molar-refractivity contribution in [2.45, 2.75) is 19.4 Å². The fraction of sp³-hybridized carbons (Fsp3) is 0.462. The third-order valence-corrected chi connectivity index (χ3v) is 3.07. The van der Waals surface area contributed by atoms with Crippen LogP contribution in [0.25, 0.3) is 0 Å². The quantitative estimate of drug-likeness (QED) is 0.729. The molecule has 0 spiro atoms. The molecule has 0 aromatic heterocycles. The average Bonchev–Trinajstić information content (AvgIpc) is 2.38. The number of nitrogens with zero attached hydrogens (tertiary/aromatic N) is 1. The highest BCUT2D eigenvalue weighted by Crippen LogP contribution is 2.24. The molecule has 0 radical (unpaired) electrons. The van der Waals surface area contributed by atoms with Crippen molar-refractivity contribution in [3.8, 4) is 0 Å². The lowest BCUT2D eigenvalue weighted by atomic mass is 10.1. The number of hydrogen-bond acceptors (Lipinski definition) is 3. The predicted molar refractivity (Wildman–Crippen MR) is 64.1 cm³/mol. The monoisotopic (exact) mass is 219 g/mol. The van der Waals surface area contributed by atoms with Crippen LogP contribution in [0.2, 0.25) is 0 Å². The first-order valence-electron chi connectivity index (χ1n) is 5.75. The third kappa shape index (κ3) is 2.09. The van der Waals surface area contributed by atoms with E-state index >= 15 is 0 Å². The number of carbonyl (C=O) groups excluding carboxylic acids is 1. The minimum Gasteiger partial charge on any atom is -0.377 e. The van der Waals surface area contributed by atoms with Gasteiger partial charge in [0.2, 0.25) is 0 Å². The first-order valence-corrected chi connectivity index (χ1v) is 5.75. The Morgan fingerprint density at radius 1 is 1.50 bits per heavy atom. The molecule has 0 saturated carbocycles. The molecule has 1 heterocycles. The Hall–Kier alpha value is -1.35. The lowest BCUT2D eigenvalue weighted by molar-refractivity contribution is 0.0927. The Balaban J connectivity index is 2.30. The summed E-state index contributed by atoms with van der Waals surface area (Å²) in [5, 5.41) is 0. The fourth-order valence-corrected chi connectivity index (χ4v) is 2.16. The van der Waals surface area contributed by atoms with Crippen LogP contribution in [0.3, 0.4) is 0 Å². The van der Waals surface area contributed by atoms with Gasteiger partial charge in [-0.25, -0.2) is 0 Å². The molecule has 1 aliphatic heterocycles. The molecule has 0 unspecified atom stereocenters. The topological polar surface area (TPSA) is 29.5 Å². The summed E-state index contributed by atoms with van der Waals surface area (Å²) in [5.74, 6) is 0. The van der Waals surface area contributed by atoms with E-state index in [0.717, 1.165) is 43.7 Å². The Bertz CT molecular complexity index is 365. The normalized spacial score (nSPS) is 20.8. The zero-order chi connectivity index (χ0) is 11.4. The number of rotatable bonds is 3. The number of anilines is 1. The zero-order valence-corrected chi connectivity index (χ0v) is 9.56. The van der Waals surface area contributed by atoms with Crippen molar-refractivity contribution in [3.05, 3.63) is 29.8 Å². The van der Waals surface area contributed by atoms with Gasteiger partial charge in [-0.05, 0) is 18.6 Å². The Morgan fingerprint density at radius 2 is 2.31 bits per heavy atom. The van der Waals surface area contributed by atoms with Gasteiger partial charge >= 0.3 is 0 Å². The Labute approximate surface area is 96.0 Å². The van der Waals surface area contributed by atoms with Crippen molar-refractivity contribution in [2.75, 3.05) is 24.7 Å². The van der Waals surface area contributed by atoms with Crippen molar-refractivity contribution in [1.82, 2.24) is 0 Å². The van der Waals surface area contributed by atoms with E-state index < -0.39 is 0 Å². The van der Waals surface area contributed by atoms with Gasteiger partial charge in [0.15, 0.2) is 6.29 Å². The molecule has 1 aromatic carbocycles. The summed E-state index contributed by atoms with van der Waals surface area (Å²) in [6, 6.07) is 8.14. The van der Waals surface area contributed by atoms with Crippen molar-refractivity contribution < 1.29 is 9.53 Å². The van der Waals surface area contributed by atoms with Crippen molar-refractivity contribution in [1.29, 1.82) is 0 Å². The van der Waals surface area contributed by atoms with Gasteiger partial charge in [-0.2, -0.15) is 0 Å². The summed E-state index contributed by atoms with van der Waals surface area (Å²) in [6.45, 7) is 4.51. The highest BCUT2D eigenvalue weighted by molar-refractivity contribution is 5.84. The summed E-state index contributed by atoms with van der Waals surface area (Å²) in [5.41, 5.74) is 1.80. The van der Waals surface area contributed by atoms with Gasteiger partial charge in [0, 0.05) is 17.8 Å². The van der Waals surface area contributed by atoms with Crippen LogP contribution in [0, 0.1) is 0 Å². The van der Waals surface area contributed by atoms with Gasteiger partial charge in [0.25, 0.3) is 0 Å². The first-order chi connectivity index (χ1) is 7.86. The summed E-state index contributed by atoms with van der Waals surface area (Å²) in [7, 11) is 0. The Morgan fingerprint density at radius 3 is 3.06 bits per heavy atom. The smallest absolute Gasteiger partial charge is 0.152 e. The van der Waals surface area contributed by atoms with Crippen LogP contribution in [0.5, 0.6) is 0 Å². The number of benzene rings is 1. The SMILES string of the molecule is CC[C@@H]1COCCN1c1ccccc1C=O. The van der Waals surface area contributed by atoms with E-state index in [-0.39, 0.29) is 0 Å². The van der Waals surface area contributed by atoms with Crippen LogP contribution in [0.4, 0.5) is 5.69 Å². The van der Waals surface area contributed by atoms with Gasteiger partial charge in [0.05, 0.1) is 19.3 Å². The van der Waals surface area contributed by atoms with Crippen molar-refractivity contribution in [3.63, 3.8) is 0 Å². The average molecular weight is 219 g/mol. The van der Waals surface area contributed by atoms with Gasteiger partial charge in [-0.1, -0.05) is 19.1 Å². The molecule has 2 rings (SSSR count). The molecule has 1 saturated heterocycles. The predicted octanol–water partition coefficient (Wildman–Crippen LogP) is 2.11. The number of aldehydes is 1. The van der Waals surface area contributed by atoms with Crippen LogP contribution in [-0.2, 0) is 4.74 Å². The molecule has 1 aliphatic rings. The van der Waals surface area contributed by atoms with Gasteiger partial charge in [-0.15, -0.1) is 0 Å². The molecule has 0 amide bonds. The maximum absolute atomic E-state index is 11.0. The molecule has 1 aromatic rings. The third-order valence-electron chi connectivity index (χ3n) is 3.07. The molecule has 0 aliphatic carbocycles. The van der Waals surface area contributed by atoms with Gasteiger partial charge in [-0.3, -0.25) is 4.79 Å². The van der Waals surface area contributed by atoms with E-state index in [1.165, 1.54) is 0 Å². The first kappa shape index (κ1) is 11.1. The summed E-state index contributed by atoms with van der Waals surface area (Å²) < 4.78 is 5.47. The summed E-state index contributed by atoms with van der Waals surface area (Å²) in [6.07, 6.45) is 1.96. The maximum Gasteiger partial charge on any atom is 0.152 e. The maximum atomic E-state index is 11.0. The van der Waals surface area contributed by atoms with Crippen LogP contribution in [-0.4, -0.2) is 32.1 Å². The van der Waals surface area contributed by atoms with E-state index in [2.05, 4.69) is 11.8 Å². The lowest BCUT2D eigenvalue weighted by Gasteiger charge is -2.37. The molecule has 0 N–H and O–H groups in total. The second-order valence-corrected chi connectivity index (χ2v) is 4.01. The van der Waals surface area contributed by atoms with E-state index in [1.54, 1.807) is 0 Å². The Kier molecular flexibility index (Phi) is 3.57. The van der Waals surface area contributed by atoms with E-state index in [9.17, 15) is 4.79 Å². The van der Waals surface area contributed by atoms with Crippen molar-refractivity contribution in [2.24, 2.45) is 0 Å². The molecule has 0 bridgehead atoms. The molecule has 86 valence electrons.